The second-order valence-electron chi connectivity index (χ2n) is 5.41. The number of hydrogen-bond acceptors (Lipinski definition) is 6. The summed E-state index contributed by atoms with van der Waals surface area (Å²) >= 11 is 1.59. The van der Waals surface area contributed by atoms with Crippen LogP contribution in [0.3, 0.4) is 0 Å². The Hall–Kier alpha value is -3.33. The molecule has 7 nitrogen and oxygen atoms in total. The molecule has 0 atom stereocenters. The molecule has 1 aromatic carbocycles. The third kappa shape index (κ3) is 2.88. The third-order valence-electron chi connectivity index (χ3n) is 3.74. The van der Waals surface area contributed by atoms with Crippen LogP contribution >= 0.6 is 11.3 Å². The van der Waals surface area contributed by atoms with Gasteiger partial charge in [0.25, 0.3) is 5.56 Å². The fourth-order valence-electron chi connectivity index (χ4n) is 2.52. The third-order valence-corrected chi connectivity index (χ3v) is 4.62. The van der Waals surface area contributed by atoms with Crippen LogP contribution in [-0.4, -0.2) is 19.5 Å². The van der Waals surface area contributed by atoms with Crippen LogP contribution in [0.1, 0.15) is 4.88 Å². The van der Waals surface area contributed by atoms with Crippen LogP contribution in [0.25, 0.3) is 16.7 Å². The first-order valence-electron chi connectivity index (χ1n) is 7.67. The Bertz CT molecular complexity index is 1200. The molecule has 0 radical (unpaired) electrons. The molecule has 0 aliphatic carbocycles. The molecule has 0 aliphatic heterocycles. The van der Waals surface area contributed by atoms with Gasteiger partial charge >= 0.3 is 5.69 Å². The molecule has 3 aromatic heterocycles. The van der Waals surface area contributed by atoms with Crippen molar-refractivity contribution in [3.05, 3.63) is 79.5 Å². The van der Waals surface area contributed by atoms with Gasteiger partial charge in [-0.15, -0.1) is 11.3 Å². The van der Waals surface area contributed by atoms with Gasteiger partial charge in [-0.1, -0.05) is 18.2 Å². The van der Waals surface area contributed by atoms with Crippen molar-refractivity contribution in [2.75, 3.05) is 5.32 Å². The number of halogens is 1. The monoisotopic (exact) mass is 369 g/mol. The lowest BCUT2D eigenvalue weighted by Crippen LogP contribution is -2.34. The molecule has 0 saturated heterocycles. The smallest absolute Gasteiger partial charge is 0.334 e. The summed E-state index contributed by atoms with van der Waals surface area (Å²) in [5.41, 5.74) is -1.48. The van der Waals surface area contributed by atoms with Gasteiger partial charge in [0.05, 0.1) is 12.2 Å². The van der Waals surface area contributed by atoms with E-state index in [9.17, 15) is 14.0 Å². The lowest BCUT2D eigenvalue weighted by molar-refractivity contribution is 0.613. The highest BCUT2D eigenvalue weighted by Gasteiger charge is 2.14. The van der Waals surface area contributed by atoms with Crippen LogP contribution in [0.5, 0.6) is 0 Å². The first-order valence-corrected chi connectivity index (χ1v) is 8.55. The molecule has 26 heavy (non-hydrogen) atoms. The number of rotatable bonds is 4. The second kappa shape index (κ2) is 6.52. The van der Waals surface area contributed by atoms with E-state index in [2.05, 4.69) is 20.3 Å². The topological polar surface area (TPSA) is 92.7 Å². The molecule has 0 saturated carbocycles. The summed E-state index contributed by atoms with van der Waals surface area (Å²) in [6.45, 7) is 0.527. The number of benzene rings is 1. The van der Waals surface area contributed by atoms with Crippen molar-refractivity contribution in [3.63, 3.8) is 0 Å². The van der Waals surface area contributed by atoms with E-state index in [1.807, 2.05) is 17.5 Å². The van der Waals surface area contributed by atoms with Gasteiger partial charge in [-0.05, 0) is 23.6 Å². The molecule has 9 heteroatoms. The summed E-state index contributed by atoms with van der Waals surface area (Å²) < 4.78 is 14.7. The van der Waals surface area contributed by atoms with Crippen LogP contribution in [0.2, 0.25) is 0 Å². The van der Waals surface area contributed by atoms with Gasteiger partial charge in [-0.2, -0.15) is 4.98 Å². The van der Waals surface area contributed by atoms with E-state index in [0.29, 0.717) is 6.54 Å². The van der Waals surface area contributed by atoms with Gasteiger partial charge in [0.15, 0.2) is 5.65 Å². The second-order valence-corrected chi connectivity index (χ2v) is 6.44. The van der Waals surface area contributed by atoms with E-state index in [0.717, 1.165) is 9.44 Å². The average Bonchev–Trinajstić information content (AvgIpc) is 3.15. The lowest BCUT2D eigenvalue weighted by atomic mass is 10.3. The van der Waals surface area contributed by atoms with E-state index in [1.165, 1.54) is 24.4 Å². The molecular weight excluding hydrogens is 357 g/mol. The van der Waals surface area contributed by atoms with Crippen molar-refractivity contribution in [3.8, 4) is 5.69 Å². The Morgan fingerprint density at radius 2 is 2.04 bits per heavy atom. The Morgan fingerprint density at radius 3 is 2.81 bits per heavy atom. The largest absolute Gasteiger partial charge is 0.349 e. The number of nitrogens with zero attached hydrogens (tertiary/aromatic N) is 3. The van der Waals surface area contributed by atoms with Gasteiger partial charge < -0.3 is 5.32 Å². The molecule has 0 aliphatic rings. The first-order chi connectivity index (χ1) is 12.6. The minimum atomic E-state index is -0.768. The fourth-order valence-corrected chi connectivity index (χ4v) is 3.16. The van der Waals surface area contributed by atoms with E-state index in [1.54, 1.807) is 17.4 Å². The highest BCUT2D eigenvalue weighted by molar-refractivity contribution is 7.09. The number of H-pyrrole nitrogens is 1. The summed E-state index contributed by atoms with van der Waals surface area (Å²) in [5, 5.41) is 5.08. The molecule has 2 N–H and O–H groups in total. The number of nitrogens with one attached hydrogen (secondary N) is 2. The van der Waals surface area contributed by atoms with Crippen molar-refractivity contribution >= 4 is 28.3 Å². The summed E-state index contributed by atoms with van der Waals surface area (Å²) in [6.07, 6.45) is 1.31. The number of anilines is 1. The van der Waals surface area contributed by atoms with E-state index < -0.39 is 17.1 Å². The number of aromatic nitrogens is 4. The van der Waals surface area contributed by atoms with Crippen molar-refractivity contribution in [1.29, 1.82) is 0 Å². The Labute approximate surface area is 149 Å². The first kappa shape index (κ1) is 16.2. The van der Waals surface area contributed by atoms with E-state index in [4.69, 9.17) is 0 Å². The van der Waals surface area contributed by atoms with Gasteiger partial charge in [0, 0.05) is 11.1 Å². The van der Waals surface area contributed by atoms with Gasteiger partial charge in [0.2, 0.25) is 5.95 Å². The molecule has 130 valence electrons. The number of hydrogen-bond donors (Lipinski definition) is 2. The summed E-state index contributed by atoms with van der Waals surface area (Å²) in [6, 6.07) is 9.46. The fraction of sp³-hybridized carbons (Fsp3) is 0.0588. The maximum absolute atomic E-state index is 14.0. The van der Waals surface area contributed by atoms with Crippen molar-refractivity contribution in [1.82, 2.24) is 19.5 Å². The number of para-hydroxylation sites is 1. The number of aromatic amines is 1. The minimum absolute atomic E-state index is 0.0922. The van der Waals surface area contributed by atoms with Crippen molar-refractivity contribution in [2.45, 2.75) is 6.54 Å². The molecule has 0 bridgehead atoms. The Kier molecular flexibility index (Phi) is 4.05. The Morgan fingerprint density at radius 1 is 1.19 bits per heavy atom. The lowest BCUT2D eigenvalue weighted by Gasteiger charge is -2.08. The van der Waals surface area contributed by atoms with Crippen LogP contribution < -0.4 is 16.6 Å². The highest BCUT2D eigenvalue weighted by atomic mass is 32.1. The maximum Gasteiger partial charge on any atom is 0.334 e. The molecule has 4 aromatic rings. The SMILES string of the molecule is O=c1[nH]c2nc(NCc3cccs3)ncc2c(=O)n1-c1ccccc1F. The van der Waals surface area contributed by atoms with Crippen LogP contribution in [0, 0.1) is 5.82 Å². The average molecular weight is 369 g/mol. The van der Waals surface area contributed by atoms with E-state index in [-0.39, 0.29) is 22.7 Å². The molecule has 0 amide bonds. The van der Waals surface area contributed by atoms with Crippen molar-refractivity contribution < 1.29 is 4.39 Å². The summed E-state index contributed by atoms with van der Waals surface area (Å²) in [5.74, 6) is -0.390. The van der Waals surface area contributed by atoms with Gasteiger partial charge in [-0.3, -0.25) is 9.78 Å². The zero-order valence-electron chi connectivity index (χ0n) is 13.3. The zero-order valence-corrected chi connectivity index (χ0v) is 14.1. The molecule has 0 spiro atoms. The van der Waals surface area contributed by atoms with Crippen LogP contribution in [0.15, 0.2) is 57.6 Å². The van der Waals surface area contributed by atoms with Crippen LogP contribution in [0.4, 0.5) is 10.3 Å². The predicted molar refractivity (Wildman–Crippen MR) is 97.4 cm³/mol. The van der Waals surface area contributed by atoms with Gasteiger partial charge in [-0.25, -0.2) is 18.7 Å². The zero-order chi connectivity index (χ0) is 18.1. The quantitative estimate of drug-likeness (QED) is 0.576. The normalized spacial score (nSPS) is 11.0. The maximum atomic E-state index is 14.0. The Balaban J connectivity index is 1.77. The predicted octanol–water partition coefficient (Wildman–Crippen LogP) is 2.28. The summed E-state index contributed by atoms with van der Waals surface area (Å²) in [7, 11) is 0. The van der Waals surface area contributed by atoms with Crippen molar-refractivity contribution in [2.24, 2.45) is 0 Å². The molecular formula is C17H12FN5O2S. The van der Waals surface area contributed by atoms with Crippen LogP contribution in [-0.2, 0) is 6.54 Å². The number of fused-ring (bicyclic) bond motifs is 1. The minimum Gasteiger partial charge on any atom is -0.349 e. The van der Waals surface area contributed by atoms with Gasteiger partial charge in [0.1, 0.15) is 11.2 Å². The summed E-state index contributed by atoms with van der Waals surface area (Å²) in [4.78, 5) is 36.8. The molecule has 4 rings (SSSR count). The molecule has 0 unspecified atom stereocenters. The standard InChI is InChI=1S/C17H12FN5O2S/c18-12-5-1-2-6-13(12)23-15(24)11-9-20-16(21-14(11)22-17(23)25)19-8-10-4-3-7-26-10/h1-7,9H,8H2,(H2,19,20,21,22,25). The molecule has 0 fully saturated rings. The van der Waals surface area contributed by atoms with E-state index >= 15 is 0 Å². The highest BCUT2D eigenvalue weighted by Crippen LogP contribution is 2.12. The number of thiophene rings is 1. The molecule has 3 heterocycles.